The lowest BCUT2D eigenvalue weighted by Gasteiger charge is -2.14. The zero-order valence-electron chi connectivity index (χ0n) is 8.75. The molecule has 0 amide bonds. The Hall–Kier alpha value is -1.50. The van der Waals surface area contributed by atoms with Crippen molar-refractivity contribution in [2.24, 2.45) is 5.84 Å². The zero-order chi connectivity index (χ0) is 11.4. The standard InChI is InChI=1S/C10H12N4OS/c1-15-8-4-2-3-7(5-8)10(13-11)9-6-12-14-16-9/h2-6,10,13H,11H2,1H3. The van der Waals surface area contributed by atoms with Crippen LogP contribution in [-0.2, 0) is 0 Å². The van der Waals surface area contributed by atoms with E-state index in [1.807, 2.05) is 24.3 Å². The second kappa shape index (κ2) is 5.02. The van der Waals surface area contributed by atoms with Gasteiger partial charge in [0.2, 0.25) is 0 Å². The highest BCUT2D eigenvalue weighted by molar-refractivity contribution is 7.05. The molecule has 1 aromatic carbocycles. The van der Waals surface area contributed by atoms with E-state index in [0.29, 0.717) is 0 Å². The summed E-state index contributed by atoms with van der Waals surface area (Å²) in [6.45, 7) is 0. The van der Waals surface area contributed by atoms with E-state index in [4.69, 9.17) is 10.6 Å². The molecule has 0 aliphatic rings. The molecule has 0 saturated carbocycles. The minimum atomic E-state index is -0.102. The summed E-state index contributed by atoms with van der Waals surface area (Å²) in [4.78, 5) is 0.968. The van der Waals surface area contributed by atoms with Gasteiger partial charge in [0.1, 0.15) is 5.75 Å². The van der Waals surface area contributed by atoms with Crippen LogP contribution in [0.2, 0.25) is 0 Å². The number of rotatable bonds is 4. The normalized spacial score (nSPS) is 12.4. The number of hydrazine groups is 1. The van der Waals surface area contributed by atoms with Gasteiger partial charge < -0.3 is 4.74 Å². The second-order valence-electron chi connectivity index (χ2n) is 3.20. The molecule has 1 aromatic heterocycles. The number of hydrogen-bond donors (Lipinski definition) is 2. The Morgan fingerprint density at radius 3 is 3.00 bits per heavy atom. The number of nitrogens with two attached hydrogens (primary N) is 1. The quantitative estimate of drug-likeness (QED) is 0.614. The minimum absolute atomic E-state index is 0.102. The van der Waals surface area contributed by atoms with Crippen molar-refractivity contribution in [3.8, 4) is 5.75 Å². The van der Waals surface area contributed by atoms with Crippen molar-refractivity contribution in [3.63, 3.8) is 0 Å². The van der Waals surface area contributed by atoms with Crippen LogP contribution in [0.3, 0.4) is 0 Å². The smallest absolute Gasteiger partial charge is 0.119 e. The molecule has 6 heteroatoms. The maximum absolute atomic E-state index is 5.55. The van der Waals surface area contributed by atoms with Crippen molar-refractivity contribution in [1.29, 1.82) is 0 Å². The van der Waals surface area contributed by atoms with Gasteiger partial charge in [-0.1, -0.05) is 16.6 Å². The molecule has 3 N–H and O–H groups in total. The molecular weight excluding hydrogens is 224 g/mol. The Morgan fingerprint density at radius 1 is 1.50 bits per heavy atom. The summed E-state index contributed by atoms with van der Waals surface area (Å²) in [5.41, 5.74) is 3.77. The third kappa shape index (κ3) is 2.19. The third-order valence-corrected chi connectivity index (χ3v) is 2.98. The maximum atomic E-state index is 5.55. The van der Waals surface area contributed by atoms with Crippen molar-refractivity contribution < 1.29 is 4.74 Å². The van der Waals surface area contributed by atoms with Crippen LogP contribution < -0.4 is 16.0 Å². The van der Waals surface area contributed by atoms with E-state index in [1.54, 1.807) is 13.3 Å². The number of ether oxygens (including phenoxy) is 1. The van der Waals surface area contributed by atoms with Crippen molar-refractivity contribution in [2.75, 3.05) is 7.11 Å². The summed E-state index contributed by atoms with van der Waals surface area (Å²) < 4.78 is 8.99. The van der Waals surface area contributed by atoms with E-state index >= 15 is 0 Å². The first-order valence-electron chi connectivity index (χ1n) is 4.72. The third-order valence-electron chi connectivity index (χ3n) is 2.26. The van der Waals surface area contributed by atoms with Crippen LogP contribution >= 0.6 is 11.5 Å². The number of methoxy groups -OCH3 is 1. The van der Waals surface area contributed by atoms with Crippen LogP contribution in [0.25, 0.3) is 0 Å². The summed E-state index contributed by atoms with van der Waals surface area (Å²) in [7, 11) is 1.64. The van der Waals surface area contributed by atoms with E-state index in [1.165, 1.54) is 11.5 Å². The van der Waals surface area contributed by atoms with E-state index in [2.05, 4.69) is 15.0 Å². The molecule has 0 spiro atoms. The Kier molecular flexibility index (Phi) is 3.45. The van der Waals surface area contributed by atoms with E-state index in [-0.39, 0.29) is 6.04 Å². The Balaban J connectivity index is 2.33. The van der Waals surface area contributed by atoms with E-state index in [9.17, 15) is 0 Å². The average molecular weight is 236 g/mol. The predicted molar refractivity (Wildman–Crippen MR) is 62.1 cm³/mol. The topological polar surface area (TPSA) is 73.1 Å². The van der Waals surface area contributed by atoms with Gasteiger partial charge in [0.25, 0.3) is 0 Å². The molecule has 0 saturated heterocycles. The zero-order valence-corrected chi connectivity index (χ0v) is 9.57. The first-order chi connectivity index (χ1) is 7.85. The van der Waals surface area contributed by atoms with Crippen molar-refractivity contribution >= 4 is 11.5 Å². The van der Waals surface area contributed by atoms with Crippen LogP contribution in [0.5, 0.6) is 5.75 Å². The van der Waals surface area contributed by atoms with Gasteiger partial charge in [0.05, 0.1) is 24.2 Å². The molecule has 84 valence electrons. The fraction of sp³-hybridized carbons (Fsp3) is 0.200. The van der Waals surface area contributed by atoms with Gasteiger partial charge in [-0.05, 0) is 29.2 Å². The Bertz CT molecular complexity index is 446. The molecule has 5 nitrogen and oxygen atoms in total. The van der Waals surface area contributed by atoms with Gasteiger partial charge in [0.15, 0.2) is 0 Å². The first-order valence-corrected chi connectivity index (χ1v) is 5.50. The minimum Gasteiger partial charge on any atom is -0.497 e. The molecule has 0 aliphatic heterocycles. The van der Waals surface area contributed by atoms with Crippen molar-refractivity contribution in [2.45, 2.75) is 6.04 Å². The molecule has 0 aliphatic carbocycles. The van der Waals surface area contributed by atoms with Crippen LogP contribution in [0.1, 0.15) is 16.5 Å². The maximum Gasteiger partial charge on any atom is 0.119 e. The summed E-state index contributed by atoms with van der Waals surface area (Å²) >= 11 is 1.32. The van der Waals surface area contributed by atoms with Gasteiger partial charge in [-0.2, -0.15) is 0 Å². The highest BCUT2D eigenvalue weighted by atomic mass is 32.1. The molecule has 16 heavy (non-hydrogen) atoms. The fourth-order valence-electron chi connectivity index (χ4n) is 1.47. The largest absolute Gasteiger partial charge is 0.497 e. The molecule has 2 rings (SSSR count). The Labute approximate surface area is 97.4 Å². The molecule has 0 bridgehead atoms. The second-order valence-corrected chi connectivity index (χ2v) is 4.01. The lowest BCUT2D eigenvalue weighted by molar-refractivity contribution is 0.413. The molecule has 1 heterocycles. The molecule has 0 fully saturated rings. The monoisotopic (exact) mass is 236 g/mol. The van der Waals surface area contributed by atoms with Crippen molar-refractivity contribution in [3.05, 3.63) is 40.9 Å². The molecule has 1 atom stereocenters. The van der Waals surface area contributed by atoms with E-state index < -0.39 is 0 Å². The summed E-state index contributed by atoms with van der Waals surface area (Å²) in [6, 6.07) is 7.63. The van der Waals surface area contributed by atoms with Gasteiger partial charge in [-0.25, -0.2) is 5.43 Å². The molecular formula is C10H12N4OS. The van der Waals surface area contributed by atoms with Gasteiger partial charge in [0, 0.05) is 0 Å². The molecule has 2 aromatic rings. The fourth-order valence-corrected chi connectivity index (χ4v) is 2.06. The van der Waals surface area contributed by atoms with Crippen LogP contribution in [0, 0.1) is 0 Å². The summed E-state index contributed by atoms with van der Waals surface area (Å²) in [6.07, 6.45) is 1.70. The molecule has 0 radical (unpaired) electrons. The van der Waals surface area contributed by atoms with Crippen LogP contribution in [0.4, 0.5) is 0 Å². The predicted octanol–water partition coefficient (Wildman–Crippen LogP) is 1.10. The van der Waals surface area contributed by atoms with Crippen LogP contribution in [0.15, 0.2) is 30.5 Å². The average Bonchev–Trinajstić information content (AvgIpc) is 2.84. The lowest BCUT2D eigenvalue weighted by Crippen LogP contribution is -2.28. The SMILES string of the molecule is COc1cccc(C(NN)c2cnns2)c1. The van der Waals surface area contributed by atoms with Gasteiger partial charge in [-0.15, -0.1) is 5.10 Å². The Morgan fingerprint density at radius 2 is 2.38 bits per heavy atom. The number of aromatic nitrogens is 2. The summed E-state index contributed by atoms with van der Waals surface area (Å²) in [5.74, 6) is 6.35. The van der Waals surface area contributed by atoms with Gasteiger partial charge >= 0.3 is 0 Å². The lowest BCUT2D eigenvalue weighted by atomic mass is 10.1. The highest BCUT2D eigenvalue weighted by Crippen LogP contribution is 2.25. The van der Waals surface area contributed by atoms with Crippen molar-refractivity contribution in [1.82, 2.24) is 15.0 Å². The van der Waals surface area contributed by atoms with Gasteiger partial charge in [-0.3, -0.25) is 5.84 Å². The number of hydrogen-bond acceptors (Lipinski definition) is 6. The highest BCUT2D eigenvalue weighted by Gasteiger charge is 2.15. The first kappa shape index (κ1) is 11.0. The van der Waals surface area contributed by atoms with Crippen LogP contribution in [-0.4, -0.2) is 16.7 Å². The summed E-state index contributed by atoms with van der Waals surface area (Å²) in [5, 5.41) is 3.80. The van der Waals surface area contributed by atoms with E-state index in [0.717, 1.165) is 16.2 Å². The number of nitrogens with zero attached hydrogens (tertiary/aromatic N) is 2. The molecule has 1 unspecified atom stereocenters. The number of nitrogens with one attached hydrogen (secondary N) is 1. The number of benzene rings is 1.